The molecular formula is C28H29N3O5. The Kier molecular flexibility index (Phi) is 5.09. The minimum atomic E-state index is -1.46. The molecule has 1 saturated heterocycles. The van der Waals surface area contributed by atoms with Crippen LogP contribution >= 0.6 is 0 Å². The van der Waals surface area contributed by atoms with Crippen molar-refractivity contribution in [2.45, 2.75) is 57.5 Å². The summed E-state index contributed by atoms with van der Waals surface area (Å²) in [6, 6.07) is 13.3. The van der Waals surface area contributed by atoms with Crippen molar-refractivity contribution in [1.82, 2.24) is 15.0 Å². The highest BCUT2D eigenvalue weighted by Gasteiger charge is 2.72. The Morgan fingerprint density at radius 3 is 2.78 bits per heavy atom. The van der Waals surface area contributed by atoms with E-state index in [1.54, 1.807) is 17.8 Å². The number of benzene rings is 2. The van der Waals surface area contributed by atoms with E-state index in [4.69, 9.17) is 9.47 Å². The van der Waals surface area contributed by atoms with E-state index in [-0.39, 0.29) is 30.6 Å². The smallest absolute Gasteiger partial charge is 0.334 e. The summed E-state index contributed by atoms with van der Waals surface area (Å²) in [6.07, 6.45) is 2.36. The number of aromatic nitrogens is 3. The number of hydrogen-bond acceptors (Lipinski definition) is 7. The normalized spacial score (nSPS) is 33.8. The fourth-order valence-corrected chi connectivity index (χ4v) is 6.68. The van der Waals surface area contributed by atoms with Crippen molar-refractivity contribution in [3.05, 3.63) is 66.5 Å². The Balaban J connectivity index is 1.27. The van der Waals surface area contributed by atoms with E-state index in [1.165, 1.54) is 0 Å². The van der Waals surface area contributed by atoms with Crippen LogP contribution in [-0.4, -0.2) is 43.6 Å². The Bertz CT molecular complexity index is 1400. The molecule has 6 atom stereocenters. The topological polar surface area (TPSA) is 104 Å². The standard InChI is InChI=1S/C28H29N3O5/c1-16-8-11-22-17(2)26(33)36-25(22)27(3)24(32)13-23(28(16,27)34)31-14-20(29-30-31)15-35-21-10-9-18-6-4-5-7-19(18)12-21/h4-7,9-10,12,14,16,22-23,25,34H,2,8,11,13,15H2,1,3H3/t16-,22-,23-,25+,27-,28-/m0/s1. The monoisotopic (exact) mass is 487 g/mol. The van der Waals surface area contributed by atoms with E-state index in [1.807, 2.05) is 49.4 Å². The molecule has 2 aliphatic carbocycles. The number of hydrogen-bond donors (Lipinski definition) is 1. The maximum atomic E-state index is 13.5. The number of carbonyl (C=O) groups is 2. The molecule has 0 amide bonds. The van der Waals surface area contributed by atoms with Crippen molar-refractivity contribution in [3.8, 4) is 5.75 Å². The number of esters is 1. The number of carbonyl (C=O) groups excluding carboxylic acids is 2. The van der Waals surface area contributed by atoms with E-state index < -0.39 is 29.1 Å². The van der Waals surface area contributed by atoms with Crippen molar-refractivity contribution < 1.29 is 24.2 Å². The zero-order valence-corrected chi connectivity index (χ0v) is 20.4. The Hall–Kier alpha value is -3.52. The Morgan fingerprint density at radius 2 is 1.97 bits per heavy atom. The van der Waals surface area contributed by atoms with Crippen molar-refractivity contribution in [1.29, 1.82) is 0 Å². The summed E-state index contributed by atoms with van der Waals surface area (Å²) in [7, 11) is 0. The average molecular weight is 488 g/mol. The van der Waals surface area contributed by atoms with E-state index in [0.717, 1.165) is 16.5 Å². The highest BCUT2D eigenvalue weighted by Crippen LogP contribution is 2.61. The maximum absolute atomic E-state index is 13.5. The van der Waals surface area contributed by atoms with Crippen molar-refractivity contribution in [2.75, 3.05) is 0 Å². The molecule has 0 spiro atoms. The molecule has 8 heteroatoms. The van der Waals surface area contributed by atoms with Crippen LogP contribution in [0.25, 0.3) is 10.8 Å². The molecule has 0 bridgehead atoms. The quantitative estimate of drug-likeness (QED) is 0.441. The fraction of sp³-hybridized carbons (Fsp3) is 0.429. The molecule has 1 aromatic heterocycles. The molecule has 8 nitrogen and oxygen atoms in total. The van der Waals surface area contributed by atoms with Gasteiger partial charge in [-0.05, 0) is 48.6 Å². The number of Topliss-reactive ketones (excluding diaryl/α,β-unsaturated/α-hetero) is 1. The summed E-state index contributed by atoms with van der Waals surface area (Å²) in [6.45, 7) is 7.81. The van der Waals surface area contributed by atoms with Crippen LogP contribution in [0.5, 0.6) is 5.75 Å². The van der Waals surface area contributed by atoms with Crippen molar-refractivity contribution in [3.63, 3.8) is 0 Å². The van der Waals surface area contributed by atoms with E-state index >= 15 is 0 Å². The molecule has 0 radical (unpaired) electrons. The number of aliphatic hydroxyl groups is 1. The van der Waals surface area contributed by atoms with Gasteiger partial charge in [0.25, 0.3) is 0 Å². The van der Waals surface area contributed by atoms with E-state index in [9.17, 15) is 14.7 Å². The molecular weight excluding hydrogens is 458 g/mol. The van der Waals surface area contributed by atoms with Crippen LogP contribution in [0.3, 0.4) is 0 Å². The van der Waals surface area contributed by atoms with Gasteiger partial charge in [-0.1, -0.05) is 49.0 Å². The van der Waals surface area contributed by atoms with Gasteiger partial charge in [-0.25, -0.2) is 9.48 Å². The average Bonchev–Trinajstić information content (AvgIpc) is 3.50. The predicted molar refractivity (Wildman–Crippen MR) is 131 cm³/mol. The first-order valence-electron chi connectivity index (χ1n) is 12.4. The van der Waals surface area contributed by atoms with Crippen LogP contribution in [0.15, 0.2) is 60.8 Å². The van der Waals surface area contributed by atoms with Gasteiger partial charge in [0.2, 0.25) is 0 Å². The van der Waals surface area contributed by atoms with Crippen molar-refractivity contribution >= 4 is 22.5 Å². The second-order valence-electron chi connectivity index (χ2n) is 10.6. The van der Waals surface area contributed by atoms with Gasteiger partial charge in [0.1, 0.15) is 35.5 Å². The number of ether oxygens (including phenoxy) is 2. The lowest BCUT2D eigenvalue weighted by atomic mass is 9.64. The first-order chi connectivity index (χ1) is 17.2. The number of ketones is 1. The SMILES string of the molecule is C=C1C(=O)O[C@@H]2[C@H]1CC[C@H](C)[C@]1(O)[C@@H](n3cc(COc4ccc5ccccc5c4)nn3)CC(=O)[C@@]21C. The highest BCUT2D eigenvalue weighted by atomic mass is 16.6. The molecule has 2 saturated carbocycles. The molecule has 1 N–H and O–H groups in total. The van der Waals surface area contributed by atoms with Crippen molar-refractivity contribution in [2.24, 2.45) is 17.3 Å². The second-order valence-corrected chi connectivity index (χ2v) is 10.6. The lowest BCUT2D eigenvalue weighted by Gasteiger charge is -2.46. The number of rotatable bonds is 4. The third kappa shape index (κ3) is 3.10. The minimum Gasteiger partial charge on any atom is -0.487 e. The molecule has 0 unspecified atom stereocenters. The van der Waals surface area contributed by atoms with E-state index in [0.29, 0.717) is 24.1 Å². The minimum absolute atomic E-state index is 0.0823. The lowest BCUT2D eigenvalue weighted by Crippen LogP contribution is -2.59. The largest absolute Gasteiger partial charge is 0.487 e. The molecule has 2 heterocycles. The molecule has 2 aromatic carbocycles. The van der Waals surface area contributed by atoms with Crippen LogP contribution in [0, 0.1) is 17.3 Å². The van der Waals surface area contributed by atoms with Crippen LogP contribution in [0.2, 0.25) is 0 Å². The third-order valence-corrected chi connectivity index (χ3v) is 8.82. The summed E-state index contributed by atoms with van der Waals surface area (Å²) in [5, 5.41) is 23.0. The first-order valence-corrected chi connectivity index (χ1v) is 12.4. The fourth-order valence-electron chi connectivity index (χ4n) is 6.68. The number of fused-ring (bicyclic) bond motifs is 4. The maximum Gasteiger partial charge on any atom is 0.334 e. The molecule has 36 heavy (non-hydrogen) atoms. The molecule has 3 aromatic rings. The number of nitrogens with zero attached hydrogens (tertiary/aromatic N) is 3. The predicted octanol–water partition coefficient (Wildman–Crippen LogP) is 3.79. The van der Waals surface area contributed by atoms with Gasteiger partial charge in [-0.15, -0.1) is 5.10 Å². The van der Waals surface area contributed by atoms with Gasteiger partial charge in [0.05, 0.1) is 17.7 Å². The first kappa shape index (κ1) is 22.9. The summed E-state index contributed by atoms with van der Waals surface area (Å²) in [5.41, 5.74) is -1.74. The van der Waals surface area contributed by atoms with Crippen LogP contribution in [0.4, 0.5) is 0 Å². The third-order valence-electron chi connectivity index (χ3n) is 8.82. The molecule has 186 valence electrons. The highest BCUT2D eigenvalue weighted by molar-refractivity contribution is 5.95. The van der Waals surface area contributed by atoms with Gasteiger partial charge < -0.3 is 14.6 Å². The van der Waals surface area contributed by atoms with Gasteiger partial charge in [0.15, 0.2) is 0 Å². The van der Waals surface area contributed by atoms with Crippen LogP contribution in [-0.2, 0) is 20.9 Å². The zero-order valence-electron chi connectivity index (χ0n) is 20.4. The zero-order chi connectivity index (χ0) is 25.2. The van der Waals surface area contributed by atoms with Crippen LogP contribution < -0.4 is 4.74 Å². The molecule has 3 aliphatic rings. The second kappa shape index (κ2) is 8.00. The lowest BCUT2D eigenvalue weighted by molar-refractivity contribution is -0.178. The van der Waals surface area contributed by atoms with Gasteiger partial charge in [-0.2, -0.15) is 0 Å². The van der Waals surface area contributed by atoms with Gasteiger partial charge in [-0.3, -0.25) is 4.79 Å². The summed E-state index contributed by atoms with van der Waals surface area (Å²) in [4.78, 5) is 25.9. The van der Waals surface area contributed by atoms with E-state index in [2.05, 4.69) is 16.9 Å². The Labute approximate surface area is 208 Å². The summed E-state index contributed by atoms with van der Waals surface area (Å²) in [5.74, 6) is -0.392. The molecule has 1 aliphatic heterocycles. The molecule has 6 rings (SSSR count). The van der Waals surface area contributed by atoms with Gasteiger partial charge in [0, 0.05) is 17.9 Å². The summed E-state index contributed by atoms with van der Waals surface area (Å²) >= 11 is 0. The summed E-state index contributed by atoms with van der Waals surface area (Å²) < 4.78 is 13.2. The molecule has 3 fully saturated rings. The van der Waals surface area contributed by atoms with Crippen LogP contribution in [0.1, 0.15) is 44.8 Å². The van der Waals surface area contributed by atoms with Gasteiger partial charge >= 0.3 is 5.97 Å². The Morgan fingerprint density at radius 1 is 1.19 bits per heavy atom.